The van der Waals surface area contributed by atoms with E-state index in [4.69, 9.17) is 9.26 Å². The van der Waals surface area contributed by atoms with Gasteiger partial charge in [-0.2, -0.15) is 0 Å². The molecule has 6 nitrogen and oxygen atoms in total. The van der Waals surface area contributed by atoms with E-state index in [2.05, 4.69) is 12.1 Å². The Hall–Kier alpha value is -3.15. The first-order chi connectivity index (χ1) is 13.6. The number of esters is 1. The summed E-state index contributed by atoms with van der Waals surface area (Å²) in [7, 11) is 0. The zero-order valence-electron chi connectivity index (χ0n) is 15.8. The molecule has 2 aromatic carbocycles. The Bertz CT molecular complexity index is 996. The van der Waals surface area contributed by atoms with Crippen molar-refractivity contribution >= 4 is 22.8 Å². The standard InChI is InChI=1S/C22H22N2O4/c1-15-6-5-11-24(13-15)20(25)14-27-22(26)17-9-10-19-18(12-17)21(28-23-19)16-7-3-2-4-8-16/h2-4,7-10,12,15H,5-6,11,13-14H2,1H3/t15-/m0/s1. The van der Waals surface area contributed by atoms with E-state index in [-0.39, 0.29) is 12.5 Å². The molecule has 2 heterocycles. The molecule has 1 amide bonds. The first-order valence-corrected chi connectivity index (χ1v) is 9.51. The zero-order chi connectivity index (χ0) is 19.5. The highest BCUT2D eigenvalue weighted by Crippen LogP contribution is 2.29. The minimum absolute atomic E-state index is 0.143. The van der Waals surface area contributed by atoms with Gasteiger partial charge in [-0.15, -0.1) is 0 Å². The third kappa shape index (κ3) is 3.76. The van der Waals surface area contributed by atoms with Crippen molar-refractivity contribution in [3.05, 3.63) is 54.1 Å². The molecule has 3 aromatic rings. The van der Waals surface area contributed by atoms with Crippen LogP contribution in [0.15, 0.2) is 53.1 Å². The number of piperidine rings is 1. The molecule has 1 aliphatic heterocycles. The summed E-state index contributed by atoms with van der Waals surface area (Å²) < 4.78 is 10.7. The predicted molar refractivity (Wildman–Crippen MR) is 105 cm³/mol. The van der Waals surface area contributed by atoms with Crippen LogP contribution in [-0.2, 0) is 9.53 Å². The Morgan fingerprint density at radius 1 is 1.21 bits per heavy atom. The fourth-order valence-electron chi connectivity index (χ4n) is 3.58. The van der Waals surface area contributed by atoms with Crippen LogP contribution in [0.25, 0.3) is 22.2 Å². The van der Waals surface area contributed by atoms with Crippen LogP contribution in [0, 0.1) is 5.92 Å². The van der Waals surface area contributed by atoms with Gasteiger partial charge in [-0.05, 0) is 37.0 Å². The Balaban J connectivity index is 1.48. The first kappa shape index (κ1) is 18.2. The Morgan fingerprint density at radius 2 is 2.04 bits per heavy atom. The number of rotatable bonds is 4. The van der Waals surface area contributed by atoms with Crippen LogP contribution in [0.5, 0.6) is 0 Å². The molecule has 0 radical (unpaired) electrons. The van der Waals surface area contributed by atoms with Gasteiger partial charge in [0.25, 0.3) is 5.91 Å². The molecule has 1 aromatic heterocycles. The van der Waals surface area contributed by atoms with Gasteiger partial charge in [0.2, 0.25) is 0 Å². The summed E-state index contributed by atoms with van der Waals surface area (Å²) in [6.45, 7) is 3.35. The van der Waals surface area contributed by atoms with Crippen LogP contribution >= 0.6 is 0 Å². The van der Waals surface area contributed by atoms with E-state index in [1.807, 2.05) is 30.3 Å². The number of amides is 1. The lowest BCUT2D eigenvalue weighted by Gasteiger charge is -2.30. The van der Waals surface area contributed by atoms with E-state index in [1.165, 1.54) is 0 Å². The lowest BCUT2D eigenvalue weighted by atomic mass is 10.0. The van der Waals surface area contributed by atoms with E-state index in [1.54, 1.807) is 23.1 Å². The summed E-state index contributed by atoms with van der Waals surface area (Å²) in [4.78, 5) is 26.6. The molecule has 144 valence electrons. The number of hydrogen-bond acceptors (Lipinski definition) is 5. The largest absolute Gasteiger partial charge is 0.452 e. The van der Waals surface area contributed by atoms with Crippen LogP contribution in [-0.4, -0.2) is 41.6 Å². The van der Waals surface area contributed by atoms with Gasteiger partial charge in [-0.25, -0.2) is 4.79 Å². The van der Waals surface area contributed by atoms with E-state index in [0.29, 0.717) is 22.8 Å². The summed E-state index contributed by atoms with van der Waals surface area (Å²) in [5, 5.41) is 4.78. The number of carbonyl (C=O) groups is 2. The van der Waals surface area contributed by atoms with E-state index >= 15 is 0 Å². The molecular weight excluding hydrogens is 356 g/mol. The average molecular weight is 378 g/mol. The lowest BCUT2D eigenvalue weighted by Crippen LogP contribution is -2.41. The van der Waals surface area contributed by atoms with Gasteiger partial charge in [-0.1, -0.05) is 42.4 Å². The topological polar surface area (TPSA) is 72.6 Å². The van der Waals surface area contributed by atoms with Gasteiger partial charge < -0.3 is 14.2 Å². The molecule has 0 spiro atoms. The zero-order valence-corrected chi connectivity index (χ0v) is 15.8. The number of carbonyl (C=O) groups excluding carboxylic acids is 2. The third-order valence-corrected chi connectivity index (χ3v) is 5.08. The maximum Gasteiger partial charge on any atom is 0.338 e. The number of aromatic nitrogens is 1. The van der Waals surface area contributed by atoms with Gasteiger partial charge in [0.05, 0.1) is 10.9 Å². The molecule has 0 unspecified atom stereocenters. The first-order valence-electron chi connectivity index (χ1n) is 9.51. The Labute approximate surface area is 163 Å². The minimum atomic E-state index is -0.527. The highest BCUT2D eigenvalue weighted by molar-refractivity contribution is 5.99. The molecule has 1 atom stereocenters. The lowest BCUT2D eigenvalue weighted by molar-refractivity contribution is -0.136. The number of likely N-dealkylation sites (tertiary alicyclic amines) is 1. The highest BCUT2D eigenvalue weighted by atomic mass is 16.5. The average Bonchev–Trinajstić information content (AvgIpc) is 3.15. The van der Waals surface area contributed by atoms with Crippen molar-refractivity contribution in [1.82, 2.24) is 10.1 Å². The Kier molecular flexibility index (Phi) is 5.10. The smallest absolute Gasteiger partial charge is 0.338 e. The minimum Gasteiger partial charge on any atom is -0.452 e. The van der Waals surface area contributed by atoms with E-state index in [9.17, 15) is 9.59 Å². The molecule has 0 bridgehead atoms. The molecular formula is C22H22N2O4. The number of fused-ring (bicyclic) bond motifs is 1. The van der Waals surface area contributed by atoms with Gasteiger partial charge in [0.1, 0.15) is 5.52 Å². The van der Waals surface area contributed by atoms with Gasteiger partial charge >= 0.3 is 5.97 Å². The van der Waals surface area contributed by atoms with Gasteiger partial charge in [-0.3, -0.25) is 4.79 Å². The van der Waals surface area contributed by atoms with E-state index in [0.717, 1.165) is 36.9 Å². The summed E-state index contributed by atoms with van der Waals surface area (Å²) in [5.74, 6) is 0.417. The number of nitrogens with zero attached hydrogens (tertiary/aromatic N) is 2. The monoisotopic (exact) mass is 378 g/mol. The number of hydrogen-bond donors (Lipinski definition) is 0. The van der Waals surface area contributed by atoms with Crippen LogP contribution < -0.4 is 0 Å². The molecule has 0 saturated carbocycles. The predicted octanol–water partition coefficient (Wildman–Crippen LogP) is 3.91. The molecule has 28 heavy (non-hydrogen) atoms. The summed E-state index contributed by atoms with van der Waals surface area (Å²) in [6.07, 6.45) is 2.12. The molecule has 0 N–H and O–H groups in total. The van der Waals surface area contributed by atoms with E-state index < -0.39 is 5.97 Å². The second-order valence-corrected chi connectivity index (χ2v) is 7.27. The fraction of sp³-hybridized carbons (Fsp3) is 0.318. The normalized spacial score (nSPS) is 16.9. The van der Waals surface area contributed by atoms with Crippen molar-refractivity contribution in [3.8, 4) is 11.3 Å². The molecule has 0 aliphatic carbocycles. The van der Waals surface area contributed by atoms with Crippen molar-refractivity contribution in [1.29, 1.82) is 0 Å². The maximum absolute atomic E-state index is 12.5. The van der Waals surface area contributed by atoms with Crippen molar-refractivity contribution in [2.24, 2.45) is 5.92 Å². The molecule has 1 fully saturated rings. The van der Waals surface area contributed by atoms with Crippen molar-refractivity contribution in [2.75, 3.05) is 19.7 Å². The molecule has 1 aliphatic rings. The maximum atomic E-state index is 12.5. The van der Waals surface area contributed by atoms with Crippen LogP contribution in [0.2, 0.25) is 0 Å². The number of benzene rings is 2. The van der Waals surface area contributed by atoms with Crippen LogP contribution in [0.4, 0.5) is 0 Å². The van der Waals surface area contributed by atoms with Gasteiger partial charge in [0, 0.05) is 18.7 Å². The highest BCUT2D eigenvalue weighted by Gasteiger charge is 2.22. The summed E-state index contributed by atoms with van der Waals surface area (Å²) in [6, 6.07) is 14.6. The number of ether oxygens (including phenoxy) is 1. The SMILES string of the molecule is C[C@H]1CCCN(C(=O)COC(=O)c2ccc3noc(-c4ccccc4)c3c2)C1. The fourth-order valence-corrected chi connectivity index (χ4v) is 3.58. The van der Waals surface area contributed by atoms with Crippen LogP contribution in [0.3, 0.4) is 0 Å². The van der Waals surface area contributed by atoms with Gasteiger partial charge in [0.15, 0.2) is 12.4 Å². The van der Waals surface area contributed by atoms with Crippen molar-refractivity contribution < 1.29 is 18.8 Å². The Morgan fingerprint density at radius 3 is 2.82 bits per heavy atom. The molecule has 4 rings (SSSR count). The second kappa shape index (κ2) is 7.84. The van der Waals surface area contributed by atoms with Crippen LogP contribution in [0.1, 0.15) is 30.1 Å². The molecule has 6 heteroatoms. The summed E-state index contributed by atoms with van der Waals surface area (Å²) >= 11 is 0. The third-order valence-electron chi connectivity index (χ3n) is 5.08. The quantitative estimate of drug-likeness (QED) is 0.644. The van der Waals surface area contributed by atoms with Crippen molar-refractivity contribution in [2.45, 2.75) is 19.8 Å². The summed E-state index contributed by atoms with van der Waals surface area (Å²) in [5.41, 5.74) is 1.91. The van der Waals surface area contributed by atoms with Crippen molar-refractivity contribution in [3.63, 3.8) is 0 Å². The molecule has 1 saturated heterocycles. The second-order valence-electron chi connectivity index (χ2n) is 7.27.